The Hall–Kier alpha value is -1.36. The van der Waals surface area contributed by atoms with E-state index in [-0.39, 0.29) is 17.9 Å². The number of hydrogen-bond acceptors (Lipinski definition) is 2. The molecule has 1 fully saturated rings. The van der Waals surface area contributed by atoms with Gasteiger partial charge in [0.05, 0.1) is 0 Å². The summed E-state index contributed by atoms with van der Waals surface area (Å²) in [6.45, 7) is 4.11. The highest BCUT2D eigenvalue weighted by molar-refractivity contribution is 9.10. The first-order chi connectivity index (χ1) is 9.02. The second-order valence-electron chi connectivity index (χ2n) is 4.75. The van der Waals surface area contributed by atoms with E-state index in [1.54, 1.807) is 11.8 Å². The zero-order valence-corrected chi connectivity index (χ0v) is 12.6. The Morgan fingerprint density at radius 2 is 2.11 bits per heavy atom. The van der Waals surface area contributed by atoms with E-state index < -0.39 is 6.04 Å². The molecule has 1 N–H and O–H groups in total. The van der Waals surface area contributed by atoms with E-state index in [4.69, 9.17) is 0 Å². The van der Waals surface area contributed by atoms with Crippen LogP contribution < -0.4 is 5.32 Å². The van der Waals surface area contributed by atoms with Crippen molar-refractivity contribution < 1.29 is 9.59 Å². The molecule has 102 valence electrons. The average molecular weight is 325 g/mol. The maximum absolute atomic E-state index is 12.2. The maximum Gasteiger partial charge on any atom is 0.245 e. The molecule has 0 saturated carbocycles. The lowest BCUT2D eigenvalue weighted by molar-refractivity contribution is -0.149. The lowest BCUT2D eigenvalue weighted by Crippen LogP contribution is -2.61. The van der Waals surface area contributed by atoms with Crippen molar-refractivity contribution in [3.05, 3.63) is 34.3 Å². The van der Waals surface area contributed by atoms with Crippen LogP contribution >= 0.6 is 15.9 Å². The van der Waals surface area contributed by atoms with E-state index in [0.717, 1.165) is 10.0 Å². The molecule has 2 unspecified atom stereocenters. The van der Waals surface area contributed by atoms with E-state index in [1.165, 1.54) is 0 Å². The maximum atomic E-state index is 12.2. The van der Waals surface area contributed by atoms with Crippen molar-refractivity contribution in [2.45, 2.75) is 38.9 Å². The van der Waals surface area contributed by atoms with Gasteiger partial charge in [-0.1, -0.05) is 35.0 Å². The van der Waals surface area contributed by atoms with Crippen LogP contribution in [0.25, 0.3) is 0 Å². The molecule has 1 aliphatic rings. The van der Waals surface area contributed by atoms with Crippen molar-refractivity contribution in [1.29, 1.82) is 0 Å². The molecule has 1 saturated heterocycles. The van der Waals surface area contributed by atoms with Crippen molar-refractivity contribution in [2.24, 2.45) is 0 Å². The number of halogens is 1. The van der Waals surface area contributed by atoms with Crippen LogP contribution in [0.15, 0.2) is 28.7 Å². The van der Waals surface area contributed by atoms with Crippen molar-refractivity contribution in [2.75, 3.05) is 0 Å². The SMILES string of the molecule is CCC1C(=O)NC(C)C(=O)N1Cc1cccc(Br)c1. The van der Waals surface area contributed by atoms with Crippen LogP contribution in [0.2, 0.25) is 0 Å². The fourth-order valence-electron chi connectivity index (χ4n) is 2.34. The van der Waals surface area contributed by atoms with Gasteiger partial charge in [0.15, 0.2) is 0 Å². The van der Waals surface area contributed by atoms with Crippen LogP contribution in [0.4, 0.5) is 0 Å². The summed E-state index contributed by atoms with van der Waals surface area (Å²) in [5.74, 6) is -0.0870. The summed E-state index contributed by atoms with van der Waals surface area (Å²) in [5, 5.41) is 2.72. The van der Waals surface area contributed by atoms with Gasteiger partial charge in [0.25, 0.3) is 0 Å². The van der Waals surface area contributed by atoms with Crippen molar-refractivity contribution in [3.63, 3.8) is 0 Å². The van der Waals surface area contributed by atoms with Gasteiger partial charge >= 0.3 is 0 Å². The predicted molar refractivity (Wildman–Crippen MR) is 76.4 cm³/mol. The highest BCUT2D eigenvalue weighted by Crippen LogP contribution is 2.19. The van der Waals surface area contributed by atoms with Gasteiger partial charge in [0.1, 0.15) is 12.1 Å². The first-order valence-corrected chi connectivity index (χ1v) is 7.17. The first-order valence-electron chi connectivity index (χ1n) is 6.38. The second kappa shape index (κ2) is 5.74. The van der Waals surface area contributed by atoms with Gasteiger partial charge in [-0.2, -0.15) is 0 Å². The van der Waals surface area contributed by atoms with E-state index in [9.17, 15) is 9.59 Å². The minimum Gasteiger partial charge on any atom is -0.343 e. The molecule has 19 heavy (non-hydrogen) atoms. The normalized spacial score (nSPS) is 23.4. The quantitative estimate of drug-likeness (QED) is 0.925. The molecule has 2 atom stereocenters. The summed E-state index contributed by atoms with van der Waals surface area (Å²) in [6, 6.07) is 6.98. The molecule has 1 heterocycles. The summed E-state index contributed by atoms with van der Waals surface area (Å²) >= 11 is 3.42. The van der Waals surface area contributed by atoms with Gasteiger partial charge in [-0.15, -0.1) is 0 Å². The monoisotopic (exact) mass is 324 g/mol. The second-order valence-corrected chi connectivity index (χ2v) is 5.67. The minimum absolute atomic E-state index is 0.0218. The van der Waals surface area contributed by atoms with Gasteiger partial charge in [-0.05, 0) is 31.0 Å². The van der Waals surface area contributed by atoms with Crippen LogP contribution in [-0.4, -0.2) is 28.8 Å². The molecule has 0 bridgehead atoms. The molecule has 0 aliphatic carbocycles. The summed E-state index contributed by atoms with van der Waals surface area (Å²) in [7, 11) is 0. The minimum atomic E-state index is -0.442. The summed E-state index contributed by atoms with van der Waals surface area (Å²) in [5.41, 5.74) is 1.02. The lowest BCUT2D eigenvalue weighted by Gasteiger charge is -2.37. The first kappa shape index (κ1) is 14.1. The third kappa shape index (κ3) is 2.97. The van der Waals surface area contributed by atoms with E-state index in [2.05, 4.69) is 21.2 Å². The van der Waals surface area contributed by atoms with Crippen LogP contribution in [-0.2, 0) is 16.1 Å². The summed E-state index contributed by atoms with van der Waals surface area (Å²) in [4.78, 5) is 25.8. The summed E-state index contributed by atoms with van der Waals surface area (Å²) in [6.07, 6.45) is 0.623. The Bertz CT molecular complexity index is 504. The number of amides is 2. The zero-order chi connectivity index (χ0) is 14.0. The van der Waals surface area contributed by atoms with Gasteiger partial charge in [0, 0.05) is 11.0 Å². The molecule has 1 aromatic rings. The molecule has 2 rings (SSSR count). The van der Waals surface area contributed by atoms with Crippen LogP contribution in [0.1, 0.15) is 25.8 Å². The van der Waals surface area contributed by atoms with Crippen LogP contribution in [0.5, 0.6) is 0 Å². The van der Waals surface area contributed by atoms with Gasteiger partial charge in [0.2, 0.25) is 11.8 Å². The van der Waals surface area contributed by atoms with Gasteiger partial charge in [-0.25, -0.2) is 0 Å². The number of nitrogens with one attached hydrogen (secondary N) is 1. The fraction of sp³-hybridized carbons (Fsp3) is 0.429. The molecule has 1 aliphatic heterocycles. The summed E-state index contributed by atoms with van der Waals surface area (Å²) < 4.78 is 0.972. The Morgan fingerprint density at radius 1 is 1.37 bits per heavy atom. The zero-order valence-electron chi connectivity index (χ0n) is 11.0. The molecular formula is C14H17BrN2O2. The Morgan fingerprint density at radius 3 is 2.74 bits per heavy atom. The average Bonchev–Trinajstić information content (AvgIpc) is 2.36. The Labute approximate surface area is 121 Å². The molecular weight excluding hydrogens is 308 g/mol. The number of carbonyl (C=O) groups excluding carboxylic acids is 2. The van der Waals surface area contributed by atoms with Gasteiger partial charge < -0.3 is 10.2 Å². The molecule has 0 radical (unpaired) electrons. The molecule has 1 aromatic carbocycles. The molecule has 0 aromatic heterocycles. The molecule has 4 nitrogen and oxygen atoms in total. The largest absolute Gasteiger partial charge is 0.343 e. The van der Waals surface area contributed by atoms with Crippen molar-refractivity contribution in [3.8, 4) is 0 Å². The third-order valence-corrected chi connectivity index (χ3v) is 3.81. The van der Waals surface area contributed by atoms with Gasteiger partial charge in [-0.3, -0.25) is 9.59 Å². The molecule has 5 heteroatoms. The fourth-order valence-corrected chi connectivity index (χ4v) is 2.79. The Balaban J connectivity index is 2.24. The standard InChI is InChI=1S/C14H17BrN2O2/c1-3-12-13(18)16-9(2)14(19)17(12)8-10-5-4-6-11(15)7-10/h4-7,9,12H,3,8H2,1-2H3,(H,16,18). The number of rotatable bonds is 3. The van der Waals surface area contributed by atoms with E-state index in [1.807, 2.05) is 31.2 Å². The Kier molecular flexibility index (Phi) is 4.24. The van der Waals surface area contributed by atoms with Crippen LogP contribution in [0, 0.1) is 0 Å². The predicted octanol–water partition coefficient (Wildman–Crippen LogP) is 2.07. The van der Waals surface area contributed by atoms with Crippen LogP contribution in [0.3, 0.4) is 0 Å². The highest BCUT2D eigenvalue weighted by Gasteiger charge is 2.37. The van der Waals surface area contributed by atoms with E-state index >= 15 is 0 Å². The van der Waals surface area contributed by atoms with Crippen molar-refractivity contribution >= 4 is 27.7 Å². The van der Waals surface area contributed by atoms with E-state index in [0.29, 0.717) is 13.0 Å². The van der Waals surface area contributed by atoms with Crippen molar-refractivity contribution in [1.82, 2.24) is 10.2 Å². The highest BCUT2D eigenvalue weighted by atomic mass is 79.9. The number of nitrogens with zero attached hydrogens (tertiary/aromatic N) is 1. The molecule has 0 spiro atoms. The number of carbonyl (C=O) groups is 2. The number of hydrogen-bond donors (Lipinski definition) is 1. The topological polar surface area (TPSA) is 49.4 Å². The lowest BCUT2D eigenvalue weighted by atomic mass is 10.0. The smallest absolute Gasteiger partial charge is 0.245 e. The molecule has 2 amide bonds. The number of piperazine rings is 1. The third-order valence-electron chi connectivity index (χ3n) is 3.32. The number of benzene rings is 1.